The molecule has 2 rings (SSSR count). The quantitative estimate of drug-likeness (QED) is 0.497. The van der Waals surface area contributed by atoms with E-state index < -0.39 is 17.7 Å². The van der Waals surface area contributed by atoms with Gasteiger partial charge >= 0.3 is 11.9 Å². The third kappa shape index (κ3) is 3.19. The summed E-state index contributed by atoms with van der Waals surface area (Å²) in [4.78, 5) is 36.0. The van der Waals surface area contributed by atoms with Gasteiger partial charge in [-0.1, -0.05) is 0 Å². The van der Waals surface area contributed by atoms with E-state index in [1.54, 1.807) is 0 Å². The maximum absolute atomic E-state index is 12.6. The Kier molecular flexibility index (Phi) is 4.84. The third-order valence-electron chi connectivity index (χ3n) is 3.44. The molecule has 0 aromatic heterocycles. The summed E-state index contributed by atoms with van der Waals surface area (Å²) in [6, 6.07) is 8.54. The van der Waals surface area contributed by atoms with Crippen LogP contribution in [0.4, 0.5) is 11.4 Å². The molecule has 4 N–H and O–H groups in total. The van der Waals surface area contributed by atoms with Crippen molar-refractivity contribution in [2.45, 2.75) is 0 Å². The largest absolute Gasteiger partial charge is 0.465 e. The number of benzene rings is 2. The van der Waals surface area contributed by atoms with Gasteiger partial charge in [-0.05, 0) is 36.4 Å². The van der Waals surface area contributed by atoms with E-state index in [1.165, 1.54) is 50.6 Å². The van der Waals surface area contributed by atoms with Crippen molar-refractivity contribution in [3.8, 4) is 0 Å². The summed E-state index contributed by atoms with van der Waals surface area (Å²) < 4.78 is 9.26. The Morgan fingerprint density at radius 2 is 1.12 bits per heavy atom. The second-order valence-electron chi connectivity index (χ2n) is 4.92. The molecule has 0 saturated heterocycles. The average molecular weight is 328 g/mol. The van der Waals surface area contributed by atoms with Crippen LogP contribution in [0, 0.1) is 0 Å². The van der Waals surface area contributed by atoms with Gasteiger partial charge in [0, 0.05) is 22.5 Å². The minimum absolute atomic E-state index is 0.0898. The second-order valence-corrected chi connectivity index (χ2v) is 4.92. The molecule has 7 nitrogen and oxygen atoms in total. The van der Waals surface area contributed by atoms with E-state index in [0.717, 1.165) is 0 Å². The number of hydrogen-bond donors (Lipinski definition) is 2. The van der Waals surface area contributed by atoms with E-state index in [1.807, 2.05) is 0 Å². The summed E-state index contributed by atoms with van der Waals surface area (Å²) >= 11 is 0. The molecule has 0 bridgehead atoms. The summed E-state index contributed by atoms with van der Waals surface area (Å²) in [5.41, 5.74) is 12.5. The first-order valence-corrected chi connectivity index (χ1v) is 6.89. The van der Waals surface area contributed by atoms with E-state index >= 15 is 0 Å². The van der Waals surface area contributed by atoms with Crippen LogP contribution in [0.2, 0.25) is 0 Å². The highest BCUT2D eigenvalue weighted by Gasteiger charge is 2.18. The van der Waals surface area contributed by atoms with E-state index in [9.17, 15) is 14.4 Å². The fraction of sp³-hybridized carbons (Fsp3) is 0.118. The number of ketones is 1. The summed E-state index contributed by atoms with van der Waals surface area (Å²) in [5, 5.41) is 0. The van der Waals surface area contributed by atoms with Crippen LogP contribution >= 0.6 is 0 Å². The Morgan fingerprint density at radius 1 is 0.750 bits per heavy atom. The molecule has 124 valence electrons. The lowest BCUT2D eigenvalue weighted by Gasteiger charge is -2.09. The van der Waals surface area contributed by atoms with E-state index in [-0.39, 0.29) is 33.6 Å². The molecule has 7 heteroatoms. The monoisotopic (exact) mass is 328 g/mol. The van der Waals surface area contributed by atoms with Crippen molar-refractivity contribution in [1.29, 1.82) is 0 Å². The van der Waals surface area contributed by atoms with Crippen molar-refractivity contribution in [2.24, 2.45) is 0 Å². The van der Waals surface area contributed by atoms with Gasteiger partial charge in [0.15, 0.2) is 5.78 Å². The molecular weight excluding hydrogens is 312 g/mol. The number of hydrogen-bond acceptors (Lipinski definition) is 7. The molecule has 0 aliphatic rings. The molecular formula is C17H16N2O5. The summed E-state index contributed by atoms with van der Waals surface area (Å²) in [6.45, 7) is 0. The predicted octanol–water partition coefficient (Wildman–Crippen LogP) is 1.66. The van der Waals surface area contributed by atoms with Crippen LogP contribution in [-0.4, -0.2) is 31.9 Å². The van der Waals surface area contributed by atoms with Gasteiger partial charge in [-0.25, -0.2) is 9.59 Å². The molecule has 0 aliphatic heterocycles. The molecule has 2 aromatic carbocycles. The predicted molar refractivity (Wildman–Crippen MR) is 87.8 cm³/mol. The Labute approximate surface area is 138 Å². The van der Waals surface area contributed by atoms with Gasteiger partial charge < -0.3 is 20.9 Å². The molecule has 0 aliphatic carbocycles. The lowest BCUT2D eigenvalue weighted by atomic mass is 9.98. The molecule has 24 heavy (non-hydrogen) atoms. The first kappa shape index (κ1) is 17.0. The third-order valence-corrected chi connectivity index (χ3v) is 3.44. The van der Waals surface area contributed by atoms with Gasteiger partial charge in [0.1, 0.15) is 0 Å². The zero-order valence-electron chi connectivity index (χ0n) is 13.2. The number of esters is 2. The average Bonchev–Trinajstić information content (AvgIpc) is 2.60. The van der Waals surface area contributed by atoms with Crippen molar-refractivity contribution in [3.05, 3.63) is 58.7 Å². The van der Waals surface area contributed by atoms with Crippen LogP contribution in [0.3, 0.4) is 0 Å². The van der Waals surface area contributed by atoms with Crippen LogP contribution in [0.5, 0.6) is 0 Å². The fourth-order valence-corrected chi connectivity index (χ4v) is 2.14. The smallest absolute Gasteiger partial charge is 0.339 e. The maximum atomic E-state index is 12.6. The minimum Gasteiger partial charge on any atom is -0.465 e. The first-order valence-electron chi connectivity index (χ1n) is 6.89. The van der Waals surface area contributed by atoms with Crippen molar-refractivity contribution in [3.63, 3.8) is 0 Å². The molecule has 0 amide bonds. The van der Waals surface area contributed by atoms with Crippen LogP contribution < -0.4 is 11.5 Å². The molecule has 0 heterocycles. The van der Waals surface area contributed by atoms with E-state index in [4.69, 9.17) is 11.5 Å². The number of nitrogens with two attached hydrogens (primary N) is 2. The van der Waals surface area contributed by atoms with Gasteiger partial charge in [-0.2, -0.15) is 0 Å². The van der Waals surface area contributed by atoms with Crippen LogP contribution in [0.15, 0.2) is 36.4 Å². The lowest BCUT2D eigenvalue weighted by molar-refractivity contribution is 0.0593. The number of carbonyl (C=O) groups is 3. The highest BCUT2D eigenvalue weighted by Crippen LogP contribution is 2.21. The summed E-state index contributed by atoms with van der Waals surface area (Å²) in [7, 11) is 2.44. The minimum atomic E-state index is -0.644. The summed E-state index contributed by atoms with van der Waals surface area (Å²) in [5.74, 6) is -1.69. The van der Waals surface area contributed by atoms with Crippen LogP contribution in [0.25, 0.3) is 0 Å². The van der Waals surface area contributed by atoms with Crippen molar-refractivity contribution in [2.75, 3.05) is 25.7 Å². The number of methoxy groups -OCH3 is 2. The van der Waals surface area contributed by atoms with E-state index in [2.05, 4.69) is 9.47 Å². The number of nitrogen functional groups attached to an aromatic ring is 2. The molecule has 0 unspecified atom stereocenters. The Bertz CT molecular complexity index is 762. The van der Waals surface area contributed by atoms with Gasteiger partial charge in [0.2, 0.25) is 0 Å². The van der Waals surface area contributed by atoms with Crippen molar-refractivity contribution < 1.29 is 23.9 Å². The molecule has 0 spiro atoms. The fourth-order valence-electron chi connectivity index (χ4n) is 2.14. The molecule has 2 aromatic rings. The molecule has 0 saturated carbocycles. The van der Waals surface area contributed by atoms with Gasteiger partial charge in [0.25, 0.3) is 0 Å². The zero-order valence-corrected chi connectivity index (χ0v) is 13.2. The Hall–Kier alpha value is -3.35. The normalized spacial score (nSPS) is 10.1. The summed E-state index contributed by atoms with van der Waals surface area (Å²) in [6.07, 6.45) is 0. The molecule has 0 atom stereocenters. The Morgan fingerprint density at radius 3 is 1.46 bits per heavy atom. The zero-order chi connectivity index (χ0) is 17.9. The van der Waals surface area contributed by atoms with Gasteiger partial charge in [0.05, 0.1) is 25.3 Å². The number of rotatable bonds is 4. The highest BCUT2D eigenvalue weighted by atomic mass is 16.5. The SMILES string of the molecule is COC(=O)c1cc(C(=O)c2ccc(N)c(C(=O)OC)c2)ccc1N. The highest BCUT2D eigenvalue weighted by molar-refractivity contribution is 6.12. The number of ether oxygens (including phenoxy) is 2. The van der Waals surface area contributed by atoms with Crippen LogP contribution in [-0.2, 0) is 9.47 Å². The van der Waals surface area contributed by atoms with Crippen LogP contribution in [0.1, 0.15) is 36.6 Å². The van der Waals surface area contributed by atoms with Crippen molar-refractivity contribution in [1.82, 2.24) is 0 Å². The lowest BCUT2D eigenvalue weighted by Crippen LogP contribution is -2.11. The first-order chi connectivity index (χ1) is 11.4. The molecule has 0 radical (unpaired) electrons. The molecule has 0 fully saturated rings. The maximum Gasteiger partial charge on any atom is 0.339 e. The van der Waals surface area contributed by atoms with Crippen molar-refractivity contribution >= 4 is 29.1 Å². The Balaban J connectivity index is 2.46. The topological polar surface area (TPSA) is 122 Å². The standard InChI is InChI=1S/C17H16N2O5/c1-23-16(21)11-7-9(3-5-13(11)18)15(20)10-4-6-14(19)12(8-10)17(22)24-2/h3-8H,18-19H2,1-2H3. The van der Waals surface area contributed by atoms with Gasteiger partial charge in [-0.3, -0.25) is 4.79 Å². The number of carbonyl (C=O) groups excluding carboxylic acids is 3. The number of anilines is 2. The van der Waals surface area contributed by atoms with E-state index in [0.29, 0.717) is 0 Å². The van der Waals surface area contributed by atoms with Gasteiger partial charge in [-0.15, -0.1) is 0 Å². The second kappa shape index (κ2) is 6.82.